The third kappa shape index (κ3) is 2.43. The van der Waals surface area contributed by atoms with Gasteiger partial charge in [0.15, 0.2) is 0 Å². The first-order valence-electron chi connectivity index (χ1n) is 6.50. The second-order valence-electron chi connectivity index (χ2n) is 4.98. The van der Waals surface area contributed by atoms with Crippen LogP contribution in [0.4, 0.5) is 10.2 Å². The molecule has 1 N–H and O–H groups in total. The molecule has 0 amide bonds. The first-order chi connectivity index (χ1) is 9.17. The van der Waals surface area contributed by atoms with Gasteiger partial charge in [0.25, 0.3) is 0 Å². The lowest BCUT2D eigenvalue weighted by molar-refractivity contribution is 0.618. The number of hydrogen-bond acceptors (Lipinski definition) is 3. The van der Waals surface area contributed by atoms with Gasteiger partial charge in [0, 0.05) is 24.6 Å². The number of halogens is 1. The first-order valence-corrected chi connectivity index (χ1v) is 6.50. The fourth-order valence-corrected chi connectivity index (χ4v) is 2.07. The minimum Gasteiger partial charge on any atom is -0.373 e. The van der Waals surface area contributed by atoms with Gasteiger partial charge in [-0.05, 0) is 43.5 Å². The van der Waals surface area contributed by atoms with Crippen LogP contribution in [0.1, 0.15) is 30.1 Å². The van der Waals surface area contributed by atoms with Crippen LogP contribution >= 0.6 is 0 Å². The fraction of sp³-hybridized carbons (Fsp3) is 0.333. The summed E-state index contributed by atoms with van der Waals surface area (Å²) in [6.45, 7) is 1.76. The molecule has 2 aromatic rings. The van der Waals surface area contributed by atoms with E-state index in [4.69, 9.17) is 0 Å². The molecule has 1 fully saturated rings. The Balaban J connectivity index is 2.07. The van der Waals surface area contributed by atoms with Crippen LogP contribution < -0.4 is 5.32 Å². The molecule has 3 nitrogen and oxygen atoms in total. The quantitative estimate of drug-likeness (QED) is 0.914. The largest absolute Gasteiger partial charge is 0.373 e. The van der Waals surface area contributed by atoms with Gasteiger partial charge >= 0.3 is 0 Å². The van der Waals surface area contributed by atoms with Gasteiger partial charge in [-0.25, -0.2) is 14.4 Å². The number of anilines is 1. The summed E-state index contributed by atoms with van der Waals surface area (Å²) in [7, 11) is 1.85. The van der Waals surface area contributed by atoms with Gasteiger partial charge in [-0.15, -0.1) is 0 Å². The summed E-state index contributed by atoms with van der Waals surface area (Å²) in [5, 5.41) is 3.06. The number of nitrogens with zero attached hydrogens (tertiary/aromatic N) is 2. The van der Waals surface area contributed by atoms with Gasteiger partial charge in [-0.3, -0.25) is 0 Å². The van der Waals surface area contributed by atoms with E-state index < -0.39 is 0 Å². The van der Waals surface area contributed by atoms with Crippen molar-refractivity contribution in [1.29, 1.82) is 0 Å². The van der Waals surface area contributed by atoms with Crippen molar-refractivity contribution in [2.45, 2.75) is 25.7 Å². The minimum atomic E-state index is -0.186. The third-order valence-electron chi connectivity index (χ3n) is 3.40. The molecule has 19 heavy (non-hydrogen) atoms. The minimum absolute atomic E-state index is 0.186. The van der Waals surface area contributed by atoms with E-state index in [-0.39, 0.29) is 5.82 Å². The highest BCUT2D eigenvalue weighted by Crippen LogP contribution is 2.39. The maximum absolute atomic E-state index is 13.3. The van der Waals surface area contributed by atoms with Gasteiger partial charge < -0.3 is 5.32 Å². The van der Waals surface area contributed by atoms with Crippen LogP contribution in [0.15, 0.2) is 24.3 Å². The Morgan fingerprint density at radius 3 is 2.63 bits per heavy atom. The topological polar surface area (TPSA) is 37.8 Å². The van der Waals surface area contributed by atoms with E-state index in [1.165, 1.54) is 6.07 Å². The molecule has 0 unspecified atom stereocenters. The molecule has 0 spiro atoms. The number of aryl methyl sites for hydroxylation is 1. The molecular formula is C15H16FN3. The molecular weight excluding hydrogens is 241 g/mol. The Morgan fingerprint density at radius 1 is 1.21 bits per heavy atom. The van der Waals surface area contributed by atoms with Gasteiger partial charge in [0.05, 0.1) is 5.69 Å². The van der Waals surface area contributed by atoms with E-state index in [2.05, 4.69) is 15.3 Å². The van der Waals surface area contributed by atoms with E-state index >= 15 is 0 Å². The molecule has 0 saturated heterocycles. The molecule has 1 aromatic carbocycles. The van der Waals surface area contributed by atoms with Crippen molar-refractivity contribution >= 4 is 5.82 Å². The van der Waals surface area contributed by atoms with E-state index in [0.717, 1.165) is 35.7 Å². The molecule has 1 aliphatic rings. The Kier molecular flexibility index (Phi) is 2.93. The van der Waals surface area contributed by atoms with Crippen molar-refractivity contribution in [3.8, 4) is 11.3 Å². The van der Waals surface area contributed by atoms with Crippen molar-refractivity contribution in [2.24, 2.45) is 0 Å². The maximum Gasteiger partial charge on any atom is 0.134 e. The summed E-state index contributed by atoms with van der Waals surface area (Å²) in [5.41, 5.74) is 2.42. The molecule has 1 heterocycles. The van der Waals surface area contributed by atoms with Crippen LogP contribution in [-0.4, -0.2) is 17.0 Å². The molecule has 0 aliphatic heterocycles. The molecule has 0 atom stereocenters. The van der Waals surface area contributed by atoms with Gasteiger partial charge in [0.2, 0.25) is 0 Å². The number of hydrogen-bond donors (Lipinski definition) is 1. The first kappa shape index (κ1) is 12.1. The van der Waals surface area contributed by atoms with Crippen LogP contribution in [0.25, 0.3) is 11.3 Å². The molecule has 3 rings (SSSR count). The van der Waals surface area contributed by atoms with Crippen LogP contribution in [0.3, 0.4) is 0 Å². The summed E-state index contributed by atoms with van der Waals surface area (Å²) in [4.78, 5) is 9.09. The monoisotopic (exact) mass is 257 g/mol. The average Bonchev–Trinajstić information content (AvgIpc) is 3.26. The van der Waals surface area contributed by atoms with Crippen molar-refractivity contribution in [3.63, 3.8) is 0 Å². The van der Waals surface area contributed by atoms with Crippen molar-refractivity contribution in [1.82, 2.24) is 9.97 Å². The van der Waals surface area contributed by atoms with Crippen LogP contribution in [0, 0.1) is 12.7 Å². The number of rotatable bonds is 3. The number of benzene rings is 1. The fourth-order valence-electron chi connectivity index (χ4n) is 2.07. The lowest BCUT2D eigenvalue weighted by atomic mass is 10.1. The number of aromatic nitrogens is 2. The summed E-state index contributed by atoms with van der Waals surface area (Å²) in [6.07, 6.45) is 2.32. The molecule has 98 valence electrons. The highest BCUT2D eigenvalue weighted by Gasteiger charge is 2.27. The second kappa shape index (κ2) is 4.61. The zero-order valence-electron chi connectivity index (χ0n) is 11.1. The molecule has 0 radical (unpaired) electrons. The predicted octanol–water partition coefficient (Wildman–Crippen LogP) is 3.51. The van der Waals surface area contributed by atoms with Gasteiger partial charge in [-0.1, -0.05) is 0 Å². The standard InChI is InChI=1S/C15H16FN3/c1-9-7-11(5-6-12(9)16)13-8-14(17-2)19-15(18-13)10-3-4-10/h5-8,10H,3-4H2,1-2H3,(H,17,18,19). The molecule has 1 aromatic heterocycles. The van der Waals surface area contributed by atoms with E-state index in [9.17, 15) is 4.39 Å². The number of nitrogens with one attached hydrogen (secondary N) is 1. The molecule has 1 saturated carbocycles. The highest BCUT2D eigenvalue weighted by molar-refractivity contribution is 5.63. The van der Waals surface area contributed by atoms with Crippen molar-refractivity contribution in [2.75, 3.05) is 12.4 Å². The molecule has 4 heteroatoms. The average molecular weight is 257 g/mol. The normalized spacial score (nSPS) is 14.5. The second-order valence-corrected chi connectivity index (χ2v) is 4.98. The zero-order chi connectivity index (χ0) is 13.4. The highest BCUT2D eigenvalue weighted by atomic mass is 19.1. The lowest BCUT2D eigenvalue weighted by Crippen LogP contribution is -2.01. The Morgan fingerprint density at radius 2 is 2.00 bits per heavy atom. The summed E-state index contributed by atoms with van der Waals surface area (Å²) < 4.78 is 13.3. The molecule has 1 aliphatic carbocycles. The van der Waals surface area contributed by atoms with E-state index in [1.807, 2.05) is 19.2 Å². The van der Waals surface area contributed by atoms with Gasteiger partial charge in [0.1, 0.15) is 17.5 Å². The van der Waals surface area contributed by atoms with E-state index in [1.54, 1.807) is 13.0 Å². The Hall–Kier alpha value is -1.97. The third-order valence-corrected chi connectivity index (χ3v) is 3.40. The Labute approximate surface area is 111 Å². The van der Waals surface area contributed by atoms with Crippen LogP contribution in [-0.2, 0) is 0 Å². The lowest BCUT2D eigenvalue weighted by Gasteiger charge is -2.08. The van der Waals surface area contributed by atoms with Gasteiger partial charge in [-0.2, -0.15) is 0 Å². The zero-order valence-corrected chi connectivity index (χ0v) is 11.1. The summed E-state index contributed by atoms with van der Waals surface area (Å²) in [5.74, 6) is 2.01. The maximum atomic E-state index is 13.3. The Bertz CT molecular complexity index is 621. The summed E-state index contributed by atoms with van der Waals surface area (Å²) in [6, 6.07) is 6.98. The predicted molar refractivity (Wildman–Crippen MR) is 73.7 cm³/mol. The van der Waals surface area contributed by atoms with Crippen LogP contribution in [0.5, 0.6) is 0 Å². The molecule has 0 bridgehead atoms. The summed E-state index contributed by atoms with van der Waals surface area (Å²) >= 11 is 0. The van der Waals surface area contributed by atoms with Crippen LogP contribution in [0.2, 0.25) is 0 Å². The van der Waals surface area contributed by atoms with Crippen molar-refractivity contribution in [3.05, 3.63) is 41.5 Å². The smallest absolute Gasteiger partial charge is 0.134 e. The van der Waals surface area contributed by atoms with Crippen molar-refractivity contribution < 1.29 is 4.39 Å². The SMILES string of the molecule is CNc1cc(-c2ccc(F)c(C)c2)nc(C2CC2)n1. The van der Waals surface area contributed by atoms with E-state index in [0.29, 0.717) is 11.5 Å².